The van der Waals surface area contributed by atoms with E-state index >= 15 is 0 Å². The van der Waals surface area contributed by atoms with Crippen LogP contribution in [0, 0.1) is 5.41 Å². The third-order valence-corrected chi connectivity index (χ3v) is 13.4. The lowest BCUT2D eigenvalue weighted by Gasteiger charge is -2.38. The highest BCUT2D eigenvalue weighted by Gasteiger charge is 2.41. The first-order valence-electron chi connectivity index (χ1n) is 29.8. The molecule has 0 saturated carbocycles. The van der Waals surface area contributed by atoms with Gasteiger partial charge in [0.1, 0.15) is 25.2 Å². The first kappa shape index (κ1) is 70.0. The molecule has 0 radical (unpaired) electrons. The molecule has 8 heteroatoms. The van der Waals surface area contributed by atoms with Crippen LogP contribution in [0.4, 0.5) is 0 Å². The summed E-state index contributed by atoms with van der Waals surface area (Å²) in [6, 6.07) is 0. The number of hydrogen-bond donors (Lipinski definition) is 0. The second-order valence-corrected chi connectivity index (χ2v) is 21.9. The summed E-state index contributed by atoms with van der Waals surface area (Å²) in [5, 5.41) is 0. The molecule has 0 aliphatic carbocycles. The molecule has 0 amide bonds. The van der Waals surface area contributed by atoms with Crippen LogP contribution in [0.15, 0.2) is 36.5 Å². The van der Waals surface area contributed by atoms with Crippen LogP contribution in [0.2, 0.25) is 0 Å². The minimum atomic E-state index is -0.840. The van der Waals surface area contributed by atoms with E-state index < -0.39 is 5.41 Å². The van der Waals surface area contributed by atoms with Gasteiger partial charge in [-0.05, 0) is 96.3 Å². The van der Waals surface area contributed by atoms with E-state index in [0.717, 1.165) is 77.0 Å². The van der Waals surface area contributed by atoms with E-state index in [0.29, 0.717) is 30.3 Å². The second kappa shape index (κ2) is 53.2. The average Bonchev–Trinajstić information content (AvgIpc) is 3.32. The maximum absolute atomic E-state index is 13.1. The van der Waals surface area contributed by atoms with Gasteiger partial charge in [-0.15, -0.1) is 0 Å². The summed E-state index contributed by atoms with van der Waals surface area (Å²) in [4.78, 5) is 39.4. The standard InChI is InChI=1S/C62H116NO6.ClH/c1-7-10-13-16-19-22-25-28-31-34-37-40-43-46-49-52-59(64)67-56-62(55-63(4,5)6,57-68-60(65)53-50-47-44-41-38-35-32-29-26-23-20-17-14-11-8-2)58-69-61(66)54-51-48-45-42-39-36-33-30-27-24-21-18-15-12-9-3;/h28-33H,7-27,34-58H2,1-6H3;1H/q+1;/p-1/b31-28-,32-29-,33-30-;. The van der Waals surface area contributed by atoms with Crippen molar-refractivity contribution in [3.63, 3.8) is 0 Å². The third-order valence-electron chi connectivity index (χ3n) is 13.4. The number of halogens is 1. The van der Waals surface area contributed by atoms with Crippen molar-refractivity contribution in [2.45, 2.75) is 290 Å². The van der Waals surface area contributed by atoms with Crippen molar-refractivity contribution in [1.82, 2.24) is 0 Å². The molecule has 0 rings (SSSR count). The zero-order chi connectivity index (χ0) is 50.6. The van der Waals surface area contributed by atoms with Gasteiger partial charge in [0, 0.05) is 19.3 Å². The number of unbranched alkanes of at least 4 members (excludes halogenated alkanes) is 33. The Hall–Kier alpha value is -2.12. The summed E-state index contributed by atoms with van der Waals surface area (Å²) in [6.45, 7) is 7.47. The number of ether oxygens (including phenoxy) is 3. The molecule has 0 aromatic rings. The van der Waals surface area contributed by atoms with E-state index in [1.807, 2.05) is 0 Å². The smallest absolute Gasteiger partial charge is 0.305 e. The van der Waals surface area contributed by atoms with Gasteiger partial charge in [-0.3, -0.25) is 14.4 Å². The molecule has 0 aromatic carbocycles. The van der Waals surface area contributed by atoms with E-state index in [1.54, 1.807) is 0 Å². The molecule has 70 heavy (non-hydrogen) atoms. The molecule has 0 N–H and O–H groups in total. The number of esters is 3. The molecule has 0 heterocycles. The molecule has 0 atom stereocenters. The summed E-state index contributed by atoms with van der Waals surface area (Å²) in [5.41, 5.74) is -0.840. The Labute approximate surface area is 441 Å². The Morgan fingerprint density at radius 2 is 0.529 bits per heavy atom. The first-order valence-corrected chi connectivity index (χ1v) is 29.8. The van der Waals surface area contributed by atoms with Crippen LogP contribution in [0.1, 0.15) is 290 Å². The molecule has 0 unspecified atom stereocenters. The van der Waals surface area contributed by atoms with Crippen molar-refractivity contribution in [1.29, 1.82) is 0 Å². The molecular weight excluding hydrogens is 890 g/mol. The fraction of sp³-hybridized carbons (Fsp3) is 0.855. The van der Waals surface area contributed by atoms with E-state index in [2.05, 4.69) is 78.4 Å². The van der Waals surface area contributed by atoms with Crippen molar-refractivity contribution < 1.29 is 45.5 Å². The fourth-order valence-corrected chi connectivity index (χ4v) is 9.21. The van der Waals surface area contributed by atoms with Crippen molar-refractivity contribution in [3.8, 4) is 0 Å². The Kier molecular flexibility index (Phi) is 53.1. The van der Waals surface area contributed by atoms with Gasteiger partial charge in [0.15, 0.2) is 0 Å². The number of allylic oxidation sites excluding steroid dienone is 6. The summed E-state index contributed by atoms with van der Waals surface area (Å²) in [5.74, 6) is -0.715. The predicted molar refractivity (Wildman–Crippen MR) is 297 cm³/mol. The number of carbonyl (C=O) groups excluding carboxylic acids is 3. The second-order valence-electron chi connectivity index (χ2n) is 21.9. The molecular formula is C62H116ClNO6. The van der Waals surface area contributed by atoms with Gasteiger partial charge in [-0.25, -0.2) is 0 Å². The fourth-order valence-electron chi connectivity index (χ4n) is 9.21. The monoisotopic (exact) mass is 1010 g/mol. The van der Waals surface area contributed by atoms with Gasteiger partial charge in [-0.1, -0.05) is 211 Å². The third kappa shape index (κ3) is 52.2. The van der Waals surface area contributed by atoms with Crippen molar-refractivity contribution >= 4 is 17.9 Å². The van der Waals surface area contributed by atoms with Gasteiger partial charge in [0.2, 0.25) is 0 Å². The molecule has 412 valence electrons. The number of rotatable bonds is 53. The van der Waals surface area contributed by atoms with Crippen LogP contribution in [0.25, 0.3) is 0 Å². The quantitative estimate of drug-likeness (QED) is 0.0199. The van der Waals surface area contributed by atoms with Crippen LogP contribution in [0.3, 0.4) is 0 Å². The highest BCUT2D eigenvalue weighted by Crippen LogP contribution is 2.25. The zero-order valence-electron chi connectivity index (χ0n) is 47.3. The van der Waals surface area contributed by atoms with Crippen molar-refractivity contribution in [2.75, 3.05) is 47.5 Å². The topological polar surface area (TPSA) is 78.9 Å². The molecule has 0 saturated heterocycles. The molecule has 0 aliphatic heterocycles. The summed E-state index contributed by atoms with van der Waals surface area (Å²) in [7, 11) is 6.22. The Morgan fingerprint density at radius 3 is 0.743 bits per heavy atom. The van der Waals surface area contributed by atoms with Gasteiger partial charge in [0.25, 0.3) is 0 Å². The van der Waals surface area contributed by atoms with E-state index in [1.165, 1.54) is 173 Å². The van der Waals surface area contributed by atoms with Crippen molar-refractivity contribution in [2.24, 2.45) is 5.41 Å². The predicted octanol–water partition coefficient (Wildman–Crippen LogP) is 15.4. The highest BCUT2D eigenvalue weighted by molar-refractivity contribution is 5.70. The first-order chi connectivity index (χ1) is 33.6. The normalized spacial score (nSPS) is 12.1. The summed E-state index contributed by atoms with van der Waals surface area (Å²) < 4.78 is 18.4. The van der Waals surface area contributed by atoms with Gasteiger partial charge < -0.3 is 31.1 Å². The molecule has 0 fully saturated rings. The Bertz CT molecular complexity index is 1110. The van der Waals surface area contributed by atoms with Crippen LogP contribution in [0.5, 0.6) is 0 Å². The van der Waals surface area contributed by atoms with E-state index in [-0.39, 0.29) is 50.1 Å². The minimum absolute atomic E-state index is 0. The molecule has 0 aromatic heterocycles. The molecule has 0 spiro atoms. The lowest BCUT2D eigenvalue weighted by Crippen LogP contribution is -3.00. The number of hydrogen-bond acceptors (Lipinski definition) is 6. The van der Waals surface area contributed by atoms with Gasteiger partial charge in [-0.2, -0.15) is 0 Å². The maximum atomic E-state index is 13.1. The van der Waals surface area contributed by atoms with E-state index in [4.69, 9.17) is 14.2 Å². The largest absolute Gasteiger partial charge is 1.00 e. The Balaban J connectivity index is 0. The van der Waals surface area contributed by atoms with Crippen LogP contribution in [-0.4, -0.2) is 69.9 Å². The van der Waals surface area contributed by atoms with Crippen molar-refractivity contribution in [3.05, 3.63) is 36.5 Å². The SMILES string of the molecule is CCCCCCCC/C=C\CCCCCCCC(=O)OCC(COC(=O)CCCCCCC/C=C\CCCCCCCC)(COC(=O)CCCCCCC/C=C\CCCCCCCC)C[N+](C)(C)C.[Cl-]. The molecule has 0 aliphatic rings. The zero-order valence-corrected chi connectivity index (χ0v) is 48.0. The van der Waals surface area contributed by atoms with Crippen LogP contribution >= 0.6 is 0 Å². The summed E-state index contributed by atoms with van der Waals surface area (Å²) in [6.07, 6.45) is 62.2. The lowest BCUT2D eigenvalue weighted by molar-refractivity contribution is -0.877. The highest BCUT2D eigenvalue weighted by atomic mass is 35.5. The molecule has 0 bridgehead atoms. The number of carbonyl (C=O) groups is 3. The van der Waals surface area contributed by atoms with Gasteiger partial charge in [0.05, 0.1) is 27.7 Å². The number of quaternary nitrogens is 1. The lowest BCUT2D eigenvalue weighted by atomic mass is 9.89. The maximum Gasteiger partial charge on any atom is 0.305 e. The Morgan fingerprint density at radius 1 is 0.329 bits per heavy atom. The molecule has 7 nitrogen and oxygen atoms in total. The summed E-state index contributed by atoms with van der Waals surface area (Å²) >= 11 is 0. The number of nitrogens with zero attached hydrogens (tertiary/aromatic N) is 1. The van der Waals surface area contributed by atoms with E-state index in [9.17, 15) is 14.4 Å². The van der Waals surface area contributed by atoms with Crippen LogP contribution < -0.4 is 12.4 Å². The van der Waals surface area contributed by atoms with Crippen LogP contribution in [-0.2, 0) is 28.6 Å². The minimum Gasteiger partial charge on any atom is -1.00 e. The average molecular weight is 1010 g/mol. The van der Waals surface area contributed by atoms with Gasteiger partial charge >= 0.3 is 17.9 Å².